The van der Waals surface area contributed by atoms with Crippen LogP contribution >= 0.6 is 11.6 Å². The molecule has 0 aromatic heterocycles. The Balaban J connectivity index is 1.92. The van der Waals surface area contributed by atoms with Gasteiger partial charge < -0.3 is 14.4 Å². The van der Waals surface area contributed by atoms with Gasteiger partial charge in [-0.25, -0.2) is 0 Å². The second kappa shape index (κ2) is 7.31. The molecule has 1 amide bonds. The van der Waals surface area contributed by atoms with Crippen molar-refractivity contribution in [2.75, 3.05) is 25.7 Å². The summed E-state index contributed by atoms with van der Waals surface area (Å²) in [5.41, 5.74) is 0.634. The van der Waals surface area contributed by atoms with Crippen LogP contribution in [0.1, 0.15) is 16.7 Å². The lowest BCUT2D eigenvalue weighted by Gasteiger charge is -2.20. The van der Waals surface area contributed by atoms with Gasteiger partial charge in [-0.05, 0) is 36.2 Å². The first-order chi connectivity index (χ1) is 12.7. The van der Waals surface area contributed by atoms with Gasteiger partial charge in [0.05, 0.1) is 26.2 Å². The third kappa shape index (κ3) is 3.83. The Kier molecular flexibility index (Phi) is 5.24. The molecule has 4 nitrogen and oxygen atoms in total. The minimum absolute atomic E-state index is 0.00678. The van der Waals surface area contributed by atoms with Gasteiger partial charge in [-0.2, -0.15) is 13.2 Å². The maximum absolute atomic E-state index is 13.3. The van der Waals surface area contributed by atoms with E-state index in [1.807, 2.05) is 0 Å². The van der Waals surface area contributed by atoms with Crippen molar-refractivity contribution in [2.24, 2.45) is 0 Å². The fraction of sp³-hybridized carbons (Fsp3) is 0.316. The lowest BCUT2D eigenvalue weighted by molar-refractivity contribution is -0.138. The number of ether oxygens (including phenoxy) is 2. The molecule has 0 spiro atoms. The highest BCUT2D eigenvalue weighted by Gasteiger charge is 2.37. The topological polar surface area (TPSA) is 38.8 Å². The minimum atomic E-state index is -4.57. The second-order valence-electron chi connectivity index (χ2n) is 6.11. The predicted molar refractivity (Wildman–Crippen MR) is 95.8 cm³/mol. The van der Waals surface area contributed by atoms with Gasteiger partial charge in [-0.1, -0.05) is 17.7 Å². The third-order valence-electron chi connectivity index (χ3n) is 4.49. The van der Waals surface area contributed by atoms with Gasteiger partial charge >= 0.3 is 6.18 Å². The van der Waals surface area contributed by atoms with Gasteiger partial charge in [0.2, 0.25) is 5.91 Å². The van der Waals surface area contributed by atoms with Crippen LogP contribution < -0.4 is 14.4 Å². The summed E-state index contributed by atoms with van der Waals surface area (Å²) in [4.78, 5) is 14.1. The van der Waals surface area contributed by atoms with E-state index in [1.54, 1.807) is 18.2 Å². The van der Waals surface area contributed by atoms with E-state index in [1.165, 1.54) is 25.2 Å². The van der Waals surface area contributed by atoms with E-state index < -0.39 is 11.7 Å². The van der Waals surface area contributed by atoms with E-state index in [0.29, 0.717) is 34.9 Å². The first-order valence-corrected chi connectivity index (χ1v) is 8.53. The van der Waals surface area contributed by atoms with Gasteiger partial charge in [-0.3, -0.25) is 4.79 Å². The zero-order valence-electron chi connectivity index (χ0n) is 14.7. The maximum Gasteiger partial charge on any atom is 0.420 e. The molecular formula is C19H17ClF3NO3. The number of methoxy groups -OCH3 is 2. The summed E-state index contributed by atoms with van der Waals surface area (Å²) in [5, 5.41) is 0.469. The van der Waals surface area contributed by atoms with Crippen molar-refractivity contribution in [1.29, 1.82) is 0 Å². The lowest BCUT2D eigenvalue weighted by Crippen LogP contribution is -2.30. The Morgan fingerprint density at radius 2 is 1.85 bits per heavy atom. The second-order valence-corrected chi connectivity index (χ2v) is 6.54. The van der Waals surface area contributed by atoms with Gasteiger partial charge in [0.25, 0.3) is 0 Å². The molecule has 0 N–H and O–H groups in total. The molecule has 2 aromatic rings. The number of carbonyl (C=O) groups is 1. The normalized spacial score (nSPS) is 13.5. The minimum Gasteiger partial charge on any atom is -0.496 e. The number of hydrogen-bond acceptors (Lipinski definition) is 3. The Labute approximate surface area is 159 Å². The molecule has 1 aliphatic heterocycles. The van der Waals surface area contributed by atoms with Crippen molar-refractivity contribution < 1.29 is 27.4 Å². The van der Waals surface area contributed by atoms with Crippen LogP contribution in [0.2, 0.25) is 5.02 Å². The van der Waals surface area contributed by atoms with Crippen molar-refractivity contribution in [3.05, 3.63) is 52.0 Å². The van der Waals surface area contributed by atoms with Crippen molar-refractivity contribution in [3.63, 3.8) is 0 Å². The highest BCUT2D eigenvalue weighted by atomic mass is 35.5. The number of carbonyl (C=O) groups excluding carboxylic acids is 1. The van der Waals surface area contributed by atoms with E-state index in [9.17, 15) is 18.0 Å². The molecule has 0 saturated carbocycles. The monoisotopic (exact) mass is 399 g/mol. The summed E-state index contributed by atoms with van der Waals surface area (Å²) in [7, 11) is 2.66. The van der Waals surface area contributed by atoms with Gasteiger partial charge in [0.1, 0.15) is 11.5 Å². The molecule has 1 aliphatic rings. The van der Waals surface area contributed by atoms with Crippen LogP contribution in [0.4, 0.5) is 18.9 Å². The molecule has 0 atom stereocenters. The summed E-state index contributed by atoms with van der Waals surface area (Å²) in [6.45, 7) is 0.314. The van der Waals surface area contributed by atoms with Crippen LogP contribution in [0.5, 0.6) is 11.5 Å². The maximum atomic E-state index is 13.3. The number of amides is 1. The summed E-state index contributed by atoms with van der Waals surface area (Å²) >= 11 is 5.92. The van der Waals surface area contributed by atoms with Gasteiger partial charge in [0, 0.05) is 22.8 Å². The average Bonchev–Trinajstić information content (AvgIpc) is 3.04. The first kappa shape index (κ1) is 19.4. The molecule has 8 heteroatoms. The highest BCUT2D eigenvalue weighted by molar-refractivity contribution is 6.30. The number of fused-ring (bicyclic) bond motifs is 1. The van der Waals surface area contributed by atoms with Crippen LogP contribution in [0, 0.1) is 0 Å². The van der Waals surface area contributed by atoms with Crippen LogP contribution in [-0.4, -0.2) is 26.7 Å². The largest absolute Gasteiger partial charge is 0.496 e. The van der Waals surface area contributed by atoms with Crippen molar-refractivity contribution in [3.8, 4) is 11.5 Å². The Bertz CT molecular complexity index is 883. The van der Waals surface area contributed by atoms with E-state index >= 15 is 0 Å². The van der Waals surface area contributed by atoms with E-state index in [-0.39, 0.29) is 23.8 Å². The number of halogens is 4. The third-order valence-corrected chi connectivity index (χ3v) is 4.73. The number of rotatable bonds is 4. The van der Waals surface area contributed by atoms with E-state index in [2.05, 4.69) is 0 Å². The summed E-state index contributed by atoms with van der Waals surface area (Å²) in [5.74, 6) is -0.0939. The van der Waals surface area contributed by atoms with E-state index in [0.717, 1.165) is 6.07 Å². The molecule has 2 aromatic carbocycles. The molecule has 0 saturated heterocycles. The quantitative estimate of drug-likeness (QED) is 0.759. The number of anilines is 1. The average molecular weight is 400 g/mol. The highest BCUT2D eigenvalue weighted by Crippen LogP contribution is 2.42. The van der Waals surface area contributed by atoms with Crippen LogP contribution in [0.3, 0.4) is 0 Å². The Morgan fingerprint density at radius 1 is 1.15 bits per heavy atom. The molecule has 0 bridgehead atoms. The molecule has 0 unspecified atom stereocenters. The van der Waals surface area contributed by atoms with Crippen LogP contribution in [-0.2, 0) is 23.8 Å². The zero-order valence-corrected chi connectivity index (χ0v) is 15.4. The Hall–Kier alpha value is -2.41. The lowest BCUT2D eigenvalue weighted by atomic mass is 10.1. The van der Waals surface area contributed by atoms with Crippen LogP contribution in [0.25, 0.3) is 0 Å². The van der Waals surface area contributed by atoms with E-state index in [4.69, 9.17) is 21.1 Å². The molecule has 27 heavy (non-hydrogen) atoms. The SMILES string of the molecule is COc1cc(Cl)ccc1CC(=O)N1CCc2cc(OC)c(C(F)(F)F)cc21. The fourth-order valence-corrected chi connectivity index (χ4v) is 3.35. The summed E-state index contributed by atoms with van der Waals surface area (Å²) in [6.07, 6.45) is -4.11. The molecule has 0 fully saturated rings. The molecule has 3 rings (SSSR count). The zero-order chi connectivity index (χ0) is 19.8. The number of benzene rings is 2. The smallest absolute Gasteiger partial charge is 0.420 e. The fourth-order valence-electron chi connectivity index (χ4n) is 3.19. The summed E-state index contributed by atoms with van der Waals surface area (Å²) < 4.78 is 50.0. The van der Waals surface area contributed by atoms with Crippen LogP contribution in [0.15, 0.2) is 30.3 Å². The van der Waals surface area contributed by atoms with Crippen molar-refractivity contribution in [2.45, 2.75) is 19.0 Å². The molecule has 1 heterocycles. The van der Waals surface area contributed by atoms with Gasteiger partial charge in [0.15, 0.2) is 0 Å². The predicted octanol–water partition coefficient (Wildman–Crippen LogP) is 4.51. The molecule has 0 radical (unpaired) electrons. The molecular weight excluding hydrogens is 383 g/mol. The molecule has 144 valence electrons. The van der Waals surface area contributed by atoms with Gasteiger partial charge in [-0.15, -0.1) is 0 Å². The number of nitrogens with zero attached hydrogens (tertiary/aromatic N) is 1. The number of alkyl halides is 3. The van der Waals surface area contributed by atoms with Crippen molar-refractivity contribution >= 4 is 23.2 Å². The summed E-state index contributed by atoms with van der Waals surface area (Å²) in [6, 6.07) is 7.24. The first-order valence-electron chi connectivity index (χ1n) is 8.15. The van der Waals surface area contributed by atoms with Crippen molar-refractivity contribution in [1.82, 2.24) is 0 Å². The number of hydrogen-bond donors (Lipinski definition) is 0. The molecule has 0 aliphatic carbocycles. The standard InChI is InChI=1S/C19H17ClF3NO3/c1-26-16-9-13(20)4-3-12(16)8-18(25)24-6-5-11-7-17(27-2)14(10-15(11)24)19(21,22)23/h3-4,7,9-10H,5-6,8H2,1-2H3. The Morgan fingerprint density at radius 3 is 2.48 bits per heavy atom.